The molecule has 3 aromatic rings. The lowest BCUT2D eigenvalue weighted by Gasteiger charge is -2.06. The van der Waals surface area contributed by atoms with Crippen molar-refractivity contribution in [3.63, 3.8) is 0 Å². The number of hydrogen-bond donors (Lipinski definition) is 2. The number of nitrogens with two attached hydrogens (primary N) is 1. The number of thiophene rings is 2. The van der Waals surface area contributed by atoms with Crippen LogP contribution in [0.5, 0.6) is 0 Å². The molecule has 0 spiro atoms. The Hall–Kier alpha value is -1.61. The molecule has 0 radical (unpaired) electrons. The van der Waals surface area contributed by atoms with Crippen molar-refractivity contribution >= 4 is 50.1 Å². The van der Waals surface area contributed by atoms with Crippen LogP contribution in [0.1, 0.15) is 4.88 Å². The molecule has 8 heteroatoms. The summed E-state index contributed by atoms with van der Waals surface area (Å²) in [5, 5.41) is 11.5. The topological polar surface area (TPSA) is 84.0 Å². The van der Waals surface area contributed by atoms with Gasteiger partial charge in [0, 0.05) is 0 Å². The molecular formula is C16H14N2O2S4. The average molecular weight is 395 g/mol. The Kier molecular flexibility index (Phi) is 4.82. The maximum atomic E-state index is 13.1. The van der Waals surface area contributed by atoms with Gasteiger partial charge in [-0.1, -0.05) is 12.1 Å². The zero-order chi connectivity index (χ0) is 17.3. The van der Waals surface area contributed by atoms with E-state index in [1.807, 2.05) is 29.1 Å². The van der Waals surface area contributed by atoms with Crippen molar-refractivity contribution in [1.29, 1.82) is 5.41 Å². The summed E-state index contributed by atoms with van der Waals surface area (Å²) >= 11 is 4.14. The predicted octanol–water partition coefficient (Wildman–Crippen LogP) is 4.32. The van der Waals surface area contributed by atoms with Crippen molar-refractivity contribution in [3.05, 3.63) is 52.0 Å². The van der Waals surface area contributed by atoms with Gasteiger partial charge in [0.1, 0.15) is 5.84 Å². The molecule has 3 rings (SSSR count). The predicted molar refractivity (Wildman–Crippen MR) is 102 cm³/mol. The van der Waals surface area contributed by atoms with Gasteiger partial charge in [-0.05, 0) is 52.4 Å². The second-order valence-electron chi connectivity index (χ2n) is 4.92. The first-order chi connectivity index (χ1) is 11.4. The number of nitrogens with one attached hydrogen (secondary N) is 1. The first kappa shape index (κ1) is 17.2. The molecule has 1 aromatic carbocycles. The third kappa shape index (κ3) is 3.14. The monoisotopic (exact) mass is 394 g/mol. The molecule has 0 bridgehead atoms. The van der Waals surface area contributed by atoms with Crippen molar-refractivity contribution in [2.24, 2.45) is 5.73 Å². The van der Waals surface area contributed by atoms with Crippen LogP contribution >= 0.6 is 34.4 Å². The van der Waals surface area contributed by atoms with Crippen LogP contribution in [0.25, 0.3) is 11.1 Å². The summed E-state index contributed by atoms with van der Waals surface area (Å²) in [5.74, 6) is -0.122. The van der Waals surface area contributed by atoms with Gasteiger partial charge in [0.05, 0.1) is 18.9 Å². The highest BCUT2D eigenvalue weighted by molar-refractivity contribution is 8.01. The largest absolute Gasteiger partial charge is 0.383 e. The van der Waals surface area contributed by atoms with E-state index in [-0.39, 0.29) is 15.6 Å². The fraction of sp³-hybridized carbons (Fsp3) is 0.0625. The number of nitrogen functional groups attached to an aromatic ring is 1. The van der Waals surface area contributed by atoms with Gasteiger partial charge < -0.3 is 5.73 Å². The molecule has 0 saturated heterocycles. The van der Waals surface area contributed by atoms with Crippen molar-refractivity contribution in [2.45, 2.75) is 14.0 Å². The Balaban J connectivity index is 2.12. The summed E-state index contributed by atoms with van der Waals surface area (Å²) in [6.07, 6.45) is 1.82. The van der Waals surface area contributed by atoms with Crippen LogP contribution in [0.2, 0.25) is 0 Å². The minimum Gasteiger partial charge on any atom is -0.383 e. The number of amidine groups is 1. The van der Waals surface area contributed by atoms with Gasteiger partial charge in [-0.3, -0.25) is 5.41 Å². The summed E-state index contributed by atoms with van der Waals surface area (Å²) in [5.41, 5.74) is 7.37. The molecule has 0 aliphatic heterocycles. The molecule has 0 saturated carbocycles. The molecule has 0 aliphatic carbocycles. The van der Waals surface area contributed by atoms with Crippen LogP contribution in [-0.4, -0.2) is 20.5 Å². The molecule has 24 heavy (non-hydrogen) atoms. The molecule has 124 valence electrons. The van der Waals surface area contributed by atoms with Gasteiger partial charge in [0.15, 0.2) is 0 Å². The molecule has 0 aliphatic rings. The van der Waals surface area contributed by atoms with E-state index in [1.165, 1.54) is 29.2 Å². The summed E-state index contributed by atoms with van der Waals surface area (Å²) in [4.78, 5) is 0.925. The van der Waals surface area contributed by atoms with E-state index in [4.69, 9.17) is 11.1 Å². The highest BCUT2D eigenvalue weighted by Gasteiger charge is 2.25. The highest BCUT2D eigenvalue weighted by atomic mass is 32.2. The molecule has 0 amide bonds. The number of hydrogen-bond acceptors (Lipinski definition) is 6. The number of sulfone groups is 1. The fourth-order valence-corrected chi connectivity index (χ4v) is 6.79. The molecule has 3 N–H and O–H groups in total. The molecule has 4 nitrogen and oxygen atoms in total. The molecule has 0 atom stereocenters. The van der Waals surface area contributed by atoms with Gasteiger partial charge in [-0.15, -0.1) is 23.1 Å². The van der Waals surface area contributed by atoms with Crippen LogP contribution < -0.4 is 5.73 Å². The van der Waals surface area contributed by atoms with Crippen LogP contribution in [0.15, 0.2) is 61.2 Å². The fourth-order valence-electron chi connectivity index (χ4n) is 2.22. The van der Waals surface area contributed by atoms with Gasteiger partial charge in [-0.2, -0.15) is 11.3 Å². The van der Waals surface area contributed by atoms with Gasteiger partial charge in [0.2, 0.25) is 9.84 Å². The van der Waals surface area contributed by atoms with E-state index >= 15 is 0 Å². The normalized spacial score (nSPS) is 11.5. The standard InChI is InChI=1S/C16H14N2O2S4/c1-21-16-14(8-13(23-16)15(17)18)24(19,20)12-4-2-3-10(7-12)11-5-6-22-9-11/h2-9H,1H3,(H3,17,18). The van der Waals surface area contributed by atoms with E-state index < -0.39 is 9.84 Å². The van der Waals surface area contributed by atoms with Crippen LogP contribution in [0.3, 0.4) is 0 Å². The van der Waals surface area contributed by atoms with Crippen LogP contribution in [-0.2, 0) is 9.84 Å². The number of thioether (sulfide) groups is 1. The average Bonchev–Trinajstić information content (AvgIpc) is 3.24. The van der Waals surface area contributed by atoms with E-state index in [0.29, 0.717) is 9.09 Å². The minimum atomic E-state index is -3.67. The van der Waals surface area contributed by atoms with Gasteiger partial charge in [-0.25, -0.2) is 8.42 Å². The van der Waals surface area contributed by atoms with Crippen molar-refractivity contribution in [3.8, 4) is 11.1 Å². The maximum Gasteiger partial charge on any atom is 0.208 e. The molecule has 0 unspecified atom stereocenters. The molecular weight excluding hydrogens is 380 g/mol. The van der Waals surface area contributed by atoms with E-state index in [2.05, 4.69) is 0 Å². The number of rotatable bonds is 5. The Morgan fingerprint density at radius 2 is 2.00 bits per heavy atom. The zero-order valence-electron chi connectivity index (χ0n) is 12.6. The smallest absolute Gasteiger partial charge is 0.208 e. The van der Waals surface area contributed by atoms with E-state index in [9.17, 15) is 8.42 Å². The summed E-state index contributed by atoms with van der Waals surface area (Å²) < 4.78 is 26.8. The Morgan fingerprint density at radius 3 is 2.62 bits per heavy atom. The lowest BCUT2D eigenvalue weighted by molar-refractivity contribution is 0.595. The molecule has 2 heterocycles. The lowest BCUT2D eigenvalue weighted by Crippen LogP contribution is -2.08. The van der Waals surface area contributed by atoms with Crippen molar-refractivity contribution in [2.75, 3.05) is 6.26 Å². The number of benzene rings is 1. The summed E-state index contributed by atoms with van der Waals surface area (Å²) in [7, 11) is -3.67. The Bertz CT molecular complexity index is 989. The van der Waals surface area contributed by atoms with Crippen LogP contribution in [0, 0.1) is 5.41 Å². The summed E-state index contributed by atoms with van der Waals surface area (Å²) in [6.45, 7) is 0. The molecule has 2 aromatic heterocycles. The van der Waals surface area contributed by atoms with Gasteiger partial charge in [0.25, 0.3) is 0 Å². The minimum absolute atomic E-state index is 0.122. The van der Waals surface area contributed by atoms with Crippen molar-refractivity contribution < 1.29 is 8.42 Å². The van der Waals surface area contributed by atoms with Gasteiger partial charge >= 0.3 is 0 Å². The molecule has 0 fully saturated rings. The lowest BCUT2D eigenvalue weighted by atomic mass is 10.1. The Labute approximate surface area is 152 Å². The van der Waals surface area contributed by atoms with E-state index in [1.54, 1.807) is 29.5 Å². The third-order valence-electron chi connectivity index (χ3n) is 3.41. The SMILES string of the molecule is CSc1sc(C(=N)N)cc1S(=O)(=O)c1cccc(-c2ccsc2)c1. The first-order valence-electron chi connectivity index (χ1n) is 6.83. The second-order valence-corrected chi connectivity index (χ2v) is 9.75. The second kappa shape index (κ2) is 6.72. The first-order valence-corrected chi connectivity index (χ1v) is 11.3. The summed E-state index contributed by atoms with van der Waals surface area (Å²) in [6, 6.07) is 10.4. The quantitative estimate of drug-likeness (QED) is 0.383. The Morgan fingerprint density at radius 1 is 1.21 bits per heavy atom. The van der Waals surface area contributed by atoms with Crippen LogP contribution in [0.4, 0.5) is 0 Å². The highest BCUT2D eigenvalue weighted by Crippen LogP contribution is 2.37. The van der Waals surface area contributed by atoms with Crippen molar-refractivity contribution in [1.82, 2.24) is 0 Å². The maximum absolute atomic E-state index is 13.1. The van der Waals surface area contributed by atoms with E-state index in [0.717, 1.165) is 11.1 Å². The zero-order valence-corrected chi connectivity index (χ0v) is 15.9. The third-order valence-corrected chi connectivity index (χ3v) is 8.43.